The molecule has 0 bridgehead atoms. The van der Waals surface area contributed by atoms with Crippen LogP contribution in [0.4, 0.5) is 11.6 Å². The van der Waals surface area contributed by atoms with Crippen molar-refractivity contribution in [1.82, 2.24) is 14.9 Å². The van der Waals surface area contributed by atoms with E-state index in [0.29, 0.717) is 38.4 Å². The molecule has 2 aromatic rings. The Hall–Kier alpha value is -2.67. The number of hydrogen-bond acceptors (Lipinski definition) is 6. The van der Waals surface area contributed by atoms with Crippen LogP contribution < -0.4 is 10.2 Å². The second-order valence-corrected chi connectivity index (χ2v) is 6.36. The summed E-state index contributed by atoms with van der Waals surface area (Å²) in [4.78, 5) is 25.4. The van der Waals surface area contributed by atoms with E-state index in [1.807, 2.05) is 35.2 Å². The molecule has 1 aliphatic heterocycles. The number of aromatic nitrogens is 2. The Morgan fingerprint density at radius 3 is 2.52 bits per heavy atom. The number of nitrogens with zero attached hydrogens (tertiary/aromatic N) is 4. The minimum absolute atomic E-state index is 0.0597. The highest BCUT2D eigenvalue weighted by atomic mass is 16.5. The zero-order valence-electron chi connectivity index (χ0n) is 16.0. The van der Waals surface area contributed by atoms with Gasteiger partial charge >= 0.3 is 0 Å². The van der Waals surface area contributed by atoms with Crippen molar-refractivity contribution in [2.45, 2.75) is 20.4 Å². The highest BCUT2D eigenvalue weighted by Gasteiger charge is 2.18. The van der Waals surface area contributed by atoms with Crippen LogP contribution in [0.3, 0.4) is 0 Å². The number of nitrogens with one attached hydrogen (secondary N) is 1. The van der Waals surface area contributed by atoms with E-state index in [2.05, 4.69) is 34.0 Å². The summed E-state index contributed by atoms with van der Waals surface area (Å²) < 4.78 is 5.30. The third-order valence-electron chi connectivity index (χ3n) is 4.65. The Bertz CT molecular complexity index is 740. The molecular formula is C20H27N5O2. The summed E-state index contributed by atoms with van der Waals surface area (Å²) in [7, 11) is 0. The first-order chi connectivity index (χ1) is 13.2. The van der Waals surface area contributed by atoms with Gasteiger partial charge in [0.15, 0.2) is 0 Å². The summed E-state index contributed by atoms with van der Waals surface area (Å²) in [6.45, 7) is 9.09. The molecule has 1 N–H and O–H groups in total. The molecule has 1 aliphatic rings. The molecule has 2 heterocycles. The Morgan fingerprint density at radius 1 is 1.15 bits per heavy atom. The summed E-state index contributed by atoms with van der Waals surface area (Å²) in [6.07, 6.45) is 1.79. The molecule has 0 unspecified atom stereocenters. The van der Waals surface area contributed by atoms with Crippen LogP contribution in [0.2, 0.25) is 0 Å². The minimum atomic E-state index is 0.0597. The SMILES string of the molecule is CCN(CC)c1nccc(CNc2ccc(C(=O)N3CCOCC3)cc2)n1. The van der Waals surface area contributed by atoms with E-state index in [0.717, 1.165) is 30.4 Å². The molecule has 0 aliphatic carbocycles. The van der Waals surface area contributed by atoms with Crippen LogP contribution in [-0.2, 0) is 11.3 Å². The van der Waals surface area contributed by atoms with Gasteiger partial charge in [0.25, 0.3) is 5.91 Å². The van der Waals surface area contributed by atoms with Crippen LogP contribution in [0.25, 0.3) is 0 Å². The monoisotopic (exact) mass is 369 g/mol. The average molecular weight is 369 g/mol. The maximum atomic E-state index is 12.5. The maximum absolute atomic E-state index is 12.5. The van der Waals surface area contributed by atoms with Gasteiger partial charge in [-0.2, -0.15) is 0 Å². The minimum Gasteiger partial charge on any atom is -0.379 e. The van der Waals surface area contributed by atoms with Gasteiger partial charge in [0.2, 0.25) is 5.95 Å². The maximum Gasteiger partial charge on any atom is 0.254 e. The molecule has 0 spiro atoms. The van der Waals surface area contributed by atoms with Crippen molar-refractivity contribution >= 4 is 17.5 Å². The van der Waals surface area contributed by atoms with E-state index < -0.39 is 0 Å². The normalized spacial score (nSPS) is 14.1. The number of hydrogen-bond donors (Lipinski definition) is 1. The number of ether oxygens (including phenoxy) is 1. The van der Waals surface area contributed by atoms with E-state index in [1.54, 1.807) is 6.20 Å². The lowest BCUT2D eigenvalue weighted by Gasteiger charge is -2.26. The molecule has 0 saturated carbocycles. The van der Waals surface area contributed by atoms with Crippen molar-refractivity contribution in [2.24, 2.45) is 0 Å². The standard InChI is InChI=1S/C20H27N5O2/c1-3-24(4-2)20-21-10-9-18(23-20)15-22-17-7-5-16(6-8-17)19(26)25-11-13-27-14-12-25/h5-10,22H,3-4,11-15H2,1-2H3. The second kappa shape index (κ2) is 9.32. The van der Waals surface area contributed by atoms with E-state index in [-0.39, 0.29) is 5.91 Å². The lowest BCUT2D eigenvalue weighted by Crippen LogP contribution is -2.40. The molecule has 0 radical (unpaired) electrons. The van der Waals surface area contributed by atoms with E-state index in [9.17, 15) is 4.79 Å². The fraction of sp³-hybridized carbons (Fsp3) is 0.450. The number of carbonyl (C=O) groups is 1. The molecule has 1 fully saturated rings. The smallest absolute Gasteiger partial charge is 0.254 e. The molecular weight excluding hydrogens is 342 g/mol. The van der Waals surface area contributed by atoms with Gasteiger partial charge < -0.3 is 19.9 Å². The predicted molar refractivity (Wildman–Crippen MR) is 106 cm³/mol. The Kier molecular flexibility index (Phi) is 6.59. The zero-order valence-corrected chi connectivity index (χ0v) is 16.0. The van der Waals surface area contributed by atoms with Crippen LogP contribution in [-0.4, -0.2) is 60.2 Å². The molecule has 27 heavy (non-hydrogen) atoms. The molecule has 3 rings (SSSR count). The quantitative estimate of drug-likeness (QED) is 0.808. The first-order valence-electron chi connectivity index (χ1n) is 9.49. The van der Waals surface area contributed by atoms with E-state index >= 15 is 0 Å². The Balaban J connectivity index is 1.59. The van der Waals surface area contributed by atoms with Crippen LogP contribution >= 0.6 is 0 Å². The lowest BCUT2D eigenvalue weighted by molar-refractivity contribution is 0.0303. The summed E-state index contributed by atoms with van der Waals surface area (Å²) >= 11 is 0. The molecule has 0 atom stereocenters. The molecule has 1 aromatic heterocycles. The van der Waals surface area contributed by atoms with Gasteiger partial charge in [0, 0.05) is 43.6 Å². The molecule has 1 saturated heterocycles. The largest absolute Gasteiger partial charge is 0.379 e. The topological polar surface area (TPSA) is 70.6 Å². The number of rotatable bonds is 7. The first kappa shape index (κ1) is 19.1. The fourth-order valence-corrected chi connectivity index (χ4v) is 3.01. The van der Waals surface area contributed by atoms with Gasteiger partial charge in [0.1, 0.15) is 0 Å². The van der Waals surface area contributed by atoms with E-state index in [4.69, 9.17) is 4.74 Å². The van der Waals surface area contributed by atoms with E-state index in [1.165, 1.54) is 0 Å². The van der Waals surface area contributed by atoms with Crippen molar-refractivity contribution in [1.29, 1.82) is 0 Å². The van der Waals surface area contributed by atoms with Gasteiger partial charge in [-0.3, -0.25) is 4.79 Å². The van der Waals surface area contributed by atoms with Crippen LogP contribution in [0.15, 0.2) is 36.5 Å². The molecule has 7 nitrogen and oxygen atoms in total. The molecule has 1 amide bonds. The number of benzene rings is 1. The van der Waals surface area contributed by atoms with Gasteiger partial charge in [-0.1, -0.05) is 0 Å². The third-order valence-corrected chi connectivity index (χ3v) is 4.65. The van der Waals surface area contributed by atoms with Gasteiger partial charge in [-0.15, -0.1) is 0 Å². The number of amides is 1. The van der Waals surface area contributed by atoms with Crippen LogP contribution in [0, 0.1) is 0 Å². The Labute approximate surface area is 160 Å². The molecule has 1 aromatic carbocycles. The summed E-state index contributed by atoms with van der Waals surface area (Å²) in [5.74, 6) is 0.815. The Morgan fingerprint density at radius 2 is 1.85 bits per heavy atom. The molecule has 7 heteroatoms. The summed E-state index contributed by atoms with van der Waals surface area (Å²) in [6, 6.07) is 9.50. The van der Waals surface area contributed by atoms with Crippen LogP contribution in [0.1, 0.15) is 29.9 Å². The third kappa shape index (κ3) is 4.95. The van der Waals surface area contributed by atoms with Crippen molar-refractivity contribution in [3.8, 4) is 0 Å². The first-order valence-corrected chi connectivity index (χ1v) is 9.49. The summed E-state index contributed by atoms with van der Waals surface area (Å²) in [5.41, 5.74) is 2.59. The highest BCUT2D eigenvalue weighted by Crippen LogP contribution is 2.14. The lowest BCUT2D eigenvalue weighted by atomic mass is 10.1. The fourth-order valence-electron chi connectivity index (χ4n) is 3.01. The predicted octanol–water partition coefficient (Wildman–Crippen LogP) is 2.41. The van der Waals surface area contributed by atoms with Gasteiger partial charge in [-0.05, 0) is 44.2 Å². The second-order valence-electron chi connectivity index (χ2n) is 6.36. The van der Waals surface area contributed by atoms with Crippen molar-refractivity contribution in [3.63, 3.8) is 0 Å². The zero-order chi connectivity index (χ0) is 19.1. The van der Waals surface area contributed by atoms with Gasteiger partial charge in [-0.25, -0.2) is 9.97 Å². The molecule has 144 valence electrons. The van der Waals surface area contributed by atoms with Crippen LogP contribution in [0.5, 0.6) is 0 Å². The van der Waals surface area contributed by atoms with Gasteiger partial charge in [0.05, 0.1) is 25.5 Å². The summed E-state index contributed by atoms with van der Waals surface area (Å²) in [5, 5.41) is 3.36. The number of morpholine rings is 1. The highest BCUT2D eigenvalue weighted by molar-refractivity contribution is 5.94. The van der Waals surface area contributed by atoms with Crippen molar-refractivity contribution in [3.05, 3.63) is 47.8 Å². The van der Waals surface area contributed by atoms with Crippen molar-refractivity contribution < 1.29 is 9.53 Å². The van der Waals surface area contributed by atoms with Crippen molar-refractivity contribution in [2.75, 3.05) is 49.6 Å². The number of anilines is 2. The number of carbonyl (C=O) groups excluding carboxylic acids is 1. The average Bonchev–Trinajstić information content (AvgIpc) is 2.74.